The van der Waals surface area contributed by atoms with E-state index in [0.717, 1.165) is 28.8 Å². The minimum absolute atomic E-state index is 0.484. The molecular formula is C24H27N3O. The molecule has 3 aromatic rings. The van der Waals surface area contributed by atoms with Crippen molar-refractivity contribution in [2.24, 2.45) is 11.8 Å². The van der Waals surface area contributed by atoms with Gasteiger partial charge in [0.2, 0.25) is 5.82 Å². The molecule has 1 atom stereocenters. The average Bonchev–Trinajstić information content (AvgIpc) is 3.29. The minimum atomic E-state index is 0.484. The minimum Gasteiger partial charge on any atom is -0.398 e. The number of benzene rings is 2. The van der Waals surface area contributed by atoms with Gasteiger partial charge in [-0.1, -0.05) is 63.2 Å². The maximum absolute atomic E-state index is 6.23. The number of allylic oxidation sites excluding steroid dienone is 1. The highest BCUT2D eigenvalue weighted by Crippen LogP contribution is 2.37. The number of rotatable bonds is 5. The largest absolute Gasteiger partial charge is 0.398 e. The van der Waals surface area contributed by atoms with Gasteiger partial charge in [-0.2, -0.15) is 4.98 Å². The molecule has 144 valence electrons. The molecule has 28 heavy (non-hydrogen) atoms. The maximum atomic E-state index is 6.23. The third kappa shape index (κ3) is 3.47. The van der Waals surface area contributed by atoms with Gasteiger partial charge in [0.15, 0.2) is 0 Å². The van der Waals surface area contributed by atoms with E-state index in [4.69, 9.17) is 10.3 Å². The monoisotopic (exact) mass is 373 g/mol. The van der Waals surface area contributed by atoms with Crippen molar-refractivity contribution in [3.8, 4) is 22.8 Å². The summed E-state index contributed by atoms with van der Waals surface area (Å²) in [6.07, 6.45) is 5.43. The molecule has 2 aromatic carbocycles. The molecule has 4 nitrogen and oxygen atoms in total. The Kier molecular flexibility index (Phi) is 4.80. The van der Waals surface area contributed by atoms with Crippen LogP contribution in [-0.4, -0.2) is 10.1 Å². The smallest absolute Gasteiger partial charge is 0.258 e. The van der Waals surface area contributed by atoms with Crippen LogP contribution >= 0.6 is 0 Å². The summed E-state index contributed by atoms with van der Waals surface area (Å²) in [6.45, 7) is 8.88. The van der Waals surface area contributed by atoms with E-state index in [0.29, 0.717) is 29.5 Å². The quantitative estimate of drug-likeness (QED) is 0.561. The highest BCUT2D eigenvalue weighted by molar-refractivity contribution is 5.70. The Labute approximate surface area is 166 Å². The Morgan fingerprint density at radius 1 is 1.04 bits per heavy atom. The molecule has 0 fully saturated rings. The molecule has 0 saturated carbocycles. The van der Waals surface area contributed by atoms with Crippen LogP contribution < -0.4 is 5.73 Å². The third-order valence-electron chi connectivity index (χ3n) is 5.35. The fraction of sp³-hybridized carbons (Fsp3) is 0.333. The van der Waals surface area contributed by atoms with E-state index in [1.807, 2.05) is 12.1 Å². The molecule has 0 aliphatic heterocycles. The first-order valence-corrected chi connectivity index (χ1v) is 9.97. The number of aromatic nitrogens is 2. The summed E-state index contributed by atoms with van der Waals surface area (Å²) in [7, 11) is 0. The van der Waals surface area contributed by atoms with Gasteiger partial charge in [-0.05, 0) is 53.1 Å². The SMILES string of the molecule is CC(C)Cc1ccc(-c2nc(-c3ccc4c(c3)C=CC4C(C)C)no2)cc1N. The van der Waals surface area contributed by atoms with Gasteiger partial charge in [0.25, 0.3) is 5.89 Å². The van der Waals surface area contributed by atoms with E-state index < -0.39 is 0 Å². The van der Waals surface area contributed by atoms with E-state index in [1.54, 1.807) is 0 Å². The molecule has 1 aliphatic carbocycles. The van der Waals surface area contributed by atoms with Crippen molar-refractivity contribution in [3.63, 3.8) is 0 Å². The summed E-state index contributed by atoms with van der Waals surface area (Å²) < 4.78 is 5.53. The Morgan fingerprint density at radius 2 is 1.82 bits per heavy atom. The zero-order valence-corrected chi connectivity index (χ0v) is 16.9. The molecule has 2 N–H and O–H groups in total. The third-order valence-corrected chi connectivity index (χ3v) is 5.35. The summed E-state index contributed by atoms with van der Waals surface area (Å²) in [5, 5.41) is 4.19. The van der Waals surface area contributed by atoms with Gasteiger partial charge in [-0.25, -0.2) is 0 Å². The molecule has 0 spiro atoms. The lowest BCUT2D eigenvalue weighted by atomic mass is 9.90. The number of hydrogen-bond acceptors (Lipinski definition) is 4. The van der Waals surface area contributed by atoms with Gasteiger partial charge in [0.05, 0.1) is 0 Å². The van der Waals surface area contributed by atoms with Gasteiger partial charge >= 0.3 is 0 Å². The first kappa shape index (κ1) is 18.5. The molecule has 1 aliphatic rings. The van der Waals surface area contributed by atoms with Crippen LogP contribution in [0.25, 0.3) is 28.9 Å². The lowest BCUT2D eigenvalue weighted by molar-refractivity contribution is 0.432. The van der Waals surface area contributed by atoms with Gasteiger partial charge < -0.3 is 10.3 Å². The van der Waals surface area contributed by atoms with Crippen LogP contribution in [0.15, 0.2) is 47.0 Å². The van der Waals surface area contributed by atoms with Crippen LogP contribution in [0.1, 0.15) is 50.3 Å². The summed E-state index contributed by atoms with van der Waals surface area (Å²) in [5.41, 5.74) is 12.6. The van der Waals surface area contributed by atoms with E-state index in [-0.39, 0.29) is 0 Å². The van der Waals surface area contributed by atoms with Crippen molar-refractivity contribution in [2.75, 3.05) is 5.73 Å². The average molecular weight is 374 g/mol. The van der Waals surface area contributed by atoms with Crippen LogP contribution in [-0.2, 0) is 6.42 Å². The summed E-state index contributed by atoms with van der Waals surface area (Å²) >= 11 is 0. The standard InChI is InChI=1S/C24H27N3O/c1-14(2)11-17-5-6-19(13-22(17)25)24-26-23(27-28-24)18-8-10-21-16(12-18)7-9-20(21)15(3)4/h5-10,12-15,20H,11,25H2,1-4H3. The summed E-state index contributed by atoms with van der Waals surface area (Å²) in [4.78, 5) is 4.60. The number of nitrogens with two attached hydrogens (primary N) is 1. The summed E-state index contributed by atoms with van der Waals surface area (Å²) in [5.74, 6) is 2.73. The summed E-state index contributed by atoms with van der Waals surface area (Å²) in [6, 6.07) is 12.4. The number of fused-ring (bicyclic) bond motifs is 1. The number of anilines is 1. The molecule has 0 bridgehead atoms. The lowest BCUT2D eigenvalue weighted by Gasteiger charge is -2.14. The fourth-order valence-electron chi connectivity index (χ4n) is 3.87. The van der Waals surface area contributed by atoms with Crippen molar-refractivity contribution in [1.82, 2.24) is 10.1 Å². The van der Waals surface area contributed by atoms with Crippen LogP contribution in [0.2, 0.25) is 0 Å². The number of hydrogen-bond donors (Lipinski definition) is 1. The van der Waals surface area contributed by atoms with E-state index >= 15 is 0 Å². The van der Waals surface area contributed by atoms with Crippen LogP contribution in [0.3, 0.4) is 0 Å². The zero-order chi connectivity index (χ0) is 19.8. The Hall–Kier alpha value is -2.88. The van der Waals surface area contributed by atoms with Crippen LogP contribution in [0.4, 0.5) is 5.69 Å². The molecule has 1 aromatic heterocycles. The molecule has 0 radical (unpaired) electrons. The highest BCUT2D eigenvalue weighted by Gasteiger charge is 2.21. The normalized spacial score (nSPS) is 15.6. The van der Waals surface area contributed by atoms with Crippen molar-refractivity contribution in [3.05, 3.63) is 59.2 Å². The highest BCUT2D eigenvalue weighted by atomic mass is 16.5. The maximum Gasteiger partial charge on any atom is 0.258 e. The fourth-order valence-corrected chi connectivity index (χ4v) is 3.87. The first-order valence-electron chi connectivity index (χ1n) is 9.97. The molecule has 4 rings (SSSR count). The number of nitrogens with zero attached hydrogens (tertiary/aromatic N) is 2. The molecule has 4 heteroatoms. The van der Waals surface area contributed by atoms with Crippen molar-refractivity contribution < 1.29 is 4.52 Å². The zero-order valence-electron chi connectivity index (χ0n) is 16.9. The van der Waals surface area contributed by atoms with Gasteiger partial charge in [0.1, 0.15) is 0 Å². The Balaban J connectivity index is 1.60. The second-order valence-corrected chi connectivity index (χ2v) is 8.41. The predicted octanol–water partition coefficient (Wildman–Crippen LogP) is 5.95. The predicted molar refractivity (Wildman–Crippen MR) is 115 cm³/mol. The van der Waals surface area contributed by atoms with E-state index in [2.05, 4.69) is 74.3 Å². The second kappa shape index (κ2) is 7.27. The molecule has 1 unspecified atom stereocenters. The van der Waals surface area contributed by atoms with Crippen LogP contribution in [0.5, 0.6) is 0 Å². The van der Waals surface area contributed by atoms with Gasteiger partial charge in [0, 0.05) is 22.7 Å². The Bertz CT molecular complexity index is 1030. The first-order chi connectivity index (χ1) is 13.4. The second-order valence-electron chi connectivity index (χ2n) is 8.41. The Morgan fingerprint density at radius 3 is 2.54 bits per heavy atom. The van der Waals surface area contributed by atoms with E-state index in [9.17, 15) is 0 Å². The van der Waals surface area contributed by atoms with E-state index in [1.165, 1.54) is 11.1 Å². The van der Waals surface area contributed by atoms with Crippen LogP contribution in [0, 0.1) is 11.8 Å². The van der Waals surface area contributed by atoms with Gasteiger partial charge in [-0.3, -0.25) is 0 Å². The topological polar surface area (TPSA) is 64.9 Å². The molecular weight excluding hydrogens is 346 g/mol. The van der Waals surface area contributed by atoms with Crippen molar-refractivity contribution in [1.29, 1.82) is 0 Å². The molecule has 0 amide bonds. The van der Waals surface area contributed by atoms with Crippen molar-refractivity contribution in [2.45, 2.75) is 40.0 Å². The van der Waals surface area contributed by atoms with Crippen molar-refractivity contribution >= 4 is 11.8 Å². The lowest BCUT2D eigenvalue weighted by Crippen LogP contribution is -2.01. The van der Waals surface area contributed by atoms with Gasteiger partial charge in [-0.15, -0.1) is 0 Å². The molecule has 1 heterocycles. The molecule has 0 saturated heterocycles. The number of nitrogen functional groups attached to an aromatic ring is 1.